The first-order valence-electron chi connectivity index (χ1n) is 6.73. The van der Waals surface area contributed by atoms with Crippen LogP contribution >= 0.6 is 11.3 Å². The fraction of sp³-hybridized carbons (Fsp3) is 0.357. The standard InChI is InChI=1S/C14H15NO4S2/c1-2-15(9-7-8-9)21(18,19)13-10-5-3-4-6-11(10)20-12(13)14(16)17/h3-6,9H,2,7-8H2,1H3,(H,16,17). The summed E-state index contributed by atoms with van der Waals surface area (Å²) >= 11 is 1.01. The first kappa shape index (κ1) is 14.5. The van der Waals surface area contributed by atoms with Gasteiger partial charge in [0, 0.05) is 22.7 Å². The number of carbonyl (C=O) groups is 1. The van der Waals surface area contributed by atoms with E-state index in [0.717, 1.165) is 24.2 Å². The molecule has 1 aromatic heterocycles. The van der Waals surface area contributed by atoms with E-state index in [1.54, 1.807) is 31.2 Å². The van der Waals surface area contributed by atoms with E-state index in [1.165, 1.54) is 4.31 Å². The molecule has 1 fully saturated rings. The average molecular weight is 325 g/mol. The van der Waals surface area contributed by atoms with Crippen LogP contribution in [-0.4, -0.2) is 36.4 Å². The highest BCUT2D eigenvalue weighted by molar-refractivity contribution is 7.89. The fourth-order valence-corrected chi connectivity index (χ4v) is 5.92. The molecule has 1 heterocycles. The molecule has 21 heavy (non-hydrogen) atoms. The van der Waals surface area contributed by atoms with E-state index >= 15 is 0 Å². The summed E-state index contributed by atoms with van der Waals surface area (Å²) in [5, 5.41) is 9.87. The van der Waals surface area contributed by atoms with Crippen molar-refractivity contribution >= 4 is 37.4 Å². The number of benzene rings is 1. The van der Waals surface area contributed by atoms with Crippen molar-refractivity contribution in [3.63, 3.8) is 0 Å². The Balaban J connectivity index is 2.27. The number of hydrogen-bond donors (Lipinski definition) is 1. The van der Waals surface area contributed by atoms with Gasteiger partial charge >= 0.3 is 5.97 Å². The van der Waals surface area contributed by atoms with Gasteiger partial charge in [0.1, 0.15) is 9.77 Å². The third kappa shape index (κ3) is 2.35. The minimum Gasteiger partial charge on any atom is -0.477 e. The Bertz CT molecular complexity index is 805. The molecular weight excluding hydrogens is 310 g/mol. The fourth-order valence-electron chi connectivity index (χ4n) is 2.52. The zero-order valence-electron chi connectivity index (χ0n) is 11.4. The molecule has 0 aliphatic heterocycles. The van der Waals surface area contributed by atoms with Crippen molar-refractivity contribution in [3.05, 3.63) is 29.1 Å². The molecule has 0 bridgehead atoms. The SMILES string of the molecule is CCN(C1CC1)S(=O)(=O)c1c(C(=O)O)sc2ccccc12. The summed E-state index contributed by atoms with van der Waals surface area (Å²) in [6, 6.07) is 6.94. The van der Waals surface area contributed by atoms with Crippen LogP contribution in [0, 0.1) is 0 Å². The molecule has 0 unspecified atom stereocenters. The summed E-state index contributed by atoms with van der Waals surface area (Å²) < 4.78 is 27.9. The third-order valence-electron chi connectivity index (χ3n) is 3.58. The Morgan fingerprint density at radius 3 is 2.62 bits per heavy atom. The van der Waals surface area contributed by atoms with Crippen LogP contribution in [-0.2, 0) is 10.0 Å². The van der Waals surface area contributed by atoms with Crippen LogP contribution in [0.5, 0.6) is 0 Å². The maximum Gasteiger partial charge on any atom is 0.347 e. The lowest BCUT2D eigenvalue weighted by molar-refractivity contribution is 0.0698. The zero-order valence-corrected chi connectivity index (χ0v) is 13.1. The minimum atomic E-state index is -3.78. The van der Waals surface area contributed by atoms with Gasteiger partial charge in [-0.15, -0.1) is 11.3 Å². The number of aromatic carboxylic acids is 1. The molecule has 2 aromatic rings. The maximum atomic E-state index is 12.9. The number of thiophene rings is 1. The summed E-state index contributed by atoms with van der Waals surface area (Å²) in [6.45, 7) is 2.14. The van der Waals surface area contributed by atoms with E-state index in [2.05, 4.69) is 0 Å². The van der Waals surface area contributed by atoms with E-state index in [9.17, 15) is 18.3 Å². The van der Waals surface area contributed by atoms with E-state index < -0.39 is 16.0 Å². The predicted octanol–water partition coefficient (Wildman–Crippen LogP) is 2.77. The van der Waals surface area contributed by atoms with Gasteiger partial charge < -0.3 is 5.11 Å². The van der Waals surface area contributed by atoms with Gasteiger partial charge in [0.05, 0.1) is 0 Å². The number of carboxylic acid groups (broad SMARTS) is 1. The number of fused-ring (bicyclic) bond motifs is 1. The topological polar surface area (TPSA) is 74.7 Å². The van der Waals surface area contributed by atoms with E-state index in [0.29, 0.717) is 16.6 Å². The van der Waals surface area contributed by atoms with E-state index in [4.69, 9.17) is 0 Å². The van der Waals surface area contributed by atoms with Crippen molar-refractivity contribution in [2.75, 3.05) is 6.54 Å². The van der Waals surface area contributed by atoms with Gasteiger partial charge in [0.15, 0.2) is 0 Å². The first-order chi connectivity index (χ1) is 9.96. The molecule has 1 saturated carbocycles. The molecule has 1 aromatic carbocycles. The number of carboxylic acids is 1. The van der Waals surface area contributed by atoms with Gasteiger partial charge in [-0.3, -0.25) is 0 Å². The Labute approximate surface area is 126 Å². The number of rotatable bonds is 5. The minimum absolute atomic E-state index is 0.0142. The average Bonchev–Trinajstić information content (AvgIpc) is 3.17. The van der Waals surface area contributed by atoms with Gasteiger partial charge in [-0.25, -0.2) is 13.2 Å². The van der Waals surface area contributed by atoms with Crippen molar-refractivity contribution in [1.29, 1.82) is 0 Å². The molecule has 112 valence electrons. The maximum absolute atomic E-state index is 12.9. The molecule has 1 aliphatic carbocycles. The van der Waals surface area contributed by atoms with Crippen LogP contribution in [0.15, 0.2) is 29.2 Å². The van der Waals surface area contributed by atoms with Crippen molar-refractivity contribution in [1.82, 2.24) is 4.31 Å². The molecule has 7 heteroatoms. The highest BCUT2D eigenvalue weighted by atomic mass is 32.2. The monoisotopic (exact) mass is 325 g/mol. The Hall–Kier alpha value is -1.44. The van der Waals surface area contributed by atoms with Gasteiger partial charge in [0.25, 0.3) is 0 Å². The summed E-state index contributed by atoms with van der Waals surface area (Å²) in [7, 11) is -3.78. The number of hydrogen-bond acceptors (Lipinski definition) is 4. The van der Waals surface area contributed by atoms with Gasteiger partial charge in [-0.1, -0.05) is 25.1 Å². The van der Waals surface area contributed by atoms with Crippen molar-refractivity contribution in [2.24, 2.45) is 0 Å². The van der Waals surface area contributed by atoms with E-state index in [-0.39, 0.29) is 15.8 Å². The molecule has 0 radical (unpaired) electrons. The number of sulfonamides is 1. The molecular formula is C14H15NO4S2. The molecule has 0 saturated heterocycles. The summed E-state index contributed by atoms with van der Waals surface area (Å²) in [5.74, 6) is -1.19. The molecule has 1 aliphatic rings. The third-order valence-corrected chi connectivity index (χ3v) is 6.98. The largest absolute Gasteiger partial charge is 0.477 e. The summed E-state index contributed by atoms with van der Waals surface area (Å²) in [5.41, 5.74) is 0. The summed E-state index contributed by atoms with van der Waals surface area (Å²) in [6.07, 6.45) is 1.69. The lowest BCUT2D eigenvalue weighted by atomic mass is 10.2. The molecule has 5 nitrogen and oxygen atoms in total. The van der Waals surface area contributed by atoms with Crippen LogP contribution in [0.4, 0.5) is 0 Å². The van der Waals surface area contributed by atoms with Gasteiger partial charge in [0.2, 0.25) is 10.0 Å². The molecule has 1 N–H and O–H groups in total. The smallest absolute Gasteiger partial charge is 0.347 e. The molecule has 0 spiro atoms. The van der Waals surface area contributed by atoms with Crippen LogP contribution in [0.2, 0.25) is 0 Å². The summed E-state index contributed by atoms with van der Waals surface area (Å²) in [4.78, 5) is 11.3. The van der Waals surface area contributed by atoms with E-state index in [1.807, 2.05) is 0 Å². The highest BCUT2D eigenvalue weighted by Gasteiger charge is 2.40. The van der Waals surface area contributed by atoms with Crippen molar-refractivity contribution in [3.8, 4) is 0 Å². The second kappa shape index (κ2) is 5.08. The lowest BCUT2D eigenvalue weighted by Crippen LogP contribution is -2.33. The lowest BCUT2D eigenvalue weighted by Gasteiger charge is -2.20. The molecule has 3 rings (SSSR count). The first-order valence-corrected chi connectivity index (χ1v) is 8.99. The molecule has 0 atom stereocenters. The number of nitrogens with zero attached hydrogens (tertiary/aromatic N) is 1. The highest BCUT2D eigenvalue weighted by Crippen LogP contribution is 2.39. The second-order valence-corrected chi connectivity index (χ2v) is 7.88. The molecule has 0 amide bonds. The van der Waals surface area contributed by atoms with Crippen LogP contribution in [0.3, 0.4) is 0 Å². The second-order valence-electron chi connectivity index (χ2n) is 5.00. The van der Waals surface area contributed by atoms with Crippen molar-refractivity contribution in [2.45, 2.75) is 30.7 Å². The normalized spacial score (nSPS) is 15.7. The quantitative estimate of drug-likeness (QED) is 0.917. The van der Waals surface area contributed by atoms with Crippen LogP contribution in [0.1, 0.15) is 29.4 Å². The van der Waals surface area contributed by atoms with Gasteiger partial charge in [-0.05, 0) is 18.9 Å². The van der Waals surface area contributed by atoms with Crippen LogP contribution < -0.4 is 0 Å². The Morgan fingerprint density at radius 2 is 2.05 bits per heavy atom. The van der Waals surface area contributed by atoms with Crippen molar-refractivity contribution < 1.29 is 18.3 Å². The predicted molar refractivity (Wildman–Crippen MR) is 81.4 cm³/mol. The Kier molecular flexibility index (Phi) is 3.51. The van der Waals surface area contributed by atoms with Gasteiger partial charge in [-0.2, -0.15) is 4.31 Å². The van der Waals surface area contributed by atoms with Crippen LogP contribution in [0.25, 0.3) is 10.1 Å². The zero-order chi connectivity index (χ0) is 15.2. The Morgan fingerprint density at radius 1 is 1.38 bits per heavy atom.